The topological polar surface area (TPSA) is 17.1 Å². The smallest absolute Gasteiger partial charge is 0.135 e. The van der Waals surface area contributed by atoms with Crippen molar-refractivity contribution in [3.8, 4) is 0 Å². The summed E-state index contributed by atoms with van der Waals surface area (Å²) in [6, 6.07) is 0. The first kappa shape index (κ1) is 11.4. The third-order valence-electron chi connectivity index (χ3n) is 1.92. The molecule has 0 aliphatic carbocycles. The molecule has 0 aliphatic heterocycles. The average molecular weight is 168 g/mol. The van der Waals surface area contributed by atoms with Gasteiger partial charge in [-0.15, -0.1) is 0 Å². The fraction of sp³-hybridized carbons (Fsp3) is 0.727. The van der Waals surface area contributed by atoms with Gasteiger partial charge in [-0.3, -0.25) is 4.79 Å². The van der Waals surface area contributed by atoms with Gasteiger partial charge in [-0.2, -0.15) is 0 Å². The van der Waals surface area contributed by atoms with Crippen molar-refractivity contribution in [2.75, 3.05) is 0 Å². The number of hydrogen-bond acceptors (Lipinski definition) is 1. The maximum absolute atomic E-state index is 11.2. The lowest BCUT2D eigenvalue weighted by atomic mass is 10.0. The van der Waals surface area contributed by atoms with E-state index >= 15 is 0 Å². The largest absolute Gasteiger partial charge is 0.299 e. The molecule has 0 fully saturated rings. The molecule has 0 aromatic heterocycles. The van der Waals surface area contributed by atoms with Gasteiger partial charge in [0.15, 0.2) is 0 Å². The summed E-state index contributed by atoms with van der Waals surface area (Å²) in [6.45, 7) is 5.96. The van der Waals surface area contributed by atoms with Crippen molar-refractivity contribution in [3.63, 3.8) is 0 Å². The second-order valence-corrected chi connectivity index (χ2v) is 3.44. The van der Waals surface area contributed by atoms with Crippen LogP contribution in [0.15, 0.2) is 12.2 Å². The molecule has 0 rings (SSSR count). The molecule has 0 atom stereocenters. The van der Waals surface area contributed by atoms with Crippen molar-refractivity contribution in [1.82, 2.24) is 0 Å². The van der Waals surface area contributed by atoms with Gasteiger partial charge in [0.1, 0.15) is 5.78 Å². The van der Waals surface area contributed by atoms with Gasteiger partial charge in [-0.1, -0.05) is 26.0 Å². The van der Waals surface area contributed by atoms with Crippen LogP contribution in [0.25, 0.3) is 0 Å². The number of unbranched alkanes of at least 4 members (excludes halogenated alkanes) is 2. The highest BCUT2D eigenvalue weighted by atomic mass is 16.1. The Morgan fingerprint density at radius 2 is 2.00 bits per heavy atom. The standard InChI is InChI=1S/C11H20O/c1-4-5-6-7-8-9-11(12)10(2)3/h4-5,10H,6-9H2,1-3H3/b5-4+. The quantitative estimate of drug-likeness (QED) is 0.439. The van der Waals surface area contributed by atoms with E-state index in [0.717, 1.165) is 25.7 Å². The first-order valence-electron chi connectivity index (χ1n) is 4.82. The molecule has 1 heteroatoms. The molecule has 0 amide bonds. The SMILES string of the molecule is C/C=C/CCCCC(=O)C(C)C. The zero-order chi connectivity index (χ0) is 9.40. The van der Waals surface area contributed by atoms with Crippen molar-refractivity contribution in [1.29, 1.82) is 0 Å². The van der Waals surface area contributed by atoms with E-state index in [4.69, 9.17) is 0 Å². The summed E-state index contributed by atoms with van der Waals surface area (Å²) < 4.78 is 0. The first-order valence-corrected chi connectivity index (χ1v) is 4.82. The third-order valence-corrected chi connectivity index (χ3v) is 1.92. The predicted molar refractivity (Wildman–Crippen MR) is 53.1 cm³/mol. The molecule has 0 N–H and O–H groups in total. The molecule has 0 aromatic rings. The van der Waals surface area contributed by atoms with Crippen LogP contribution in [0.5, 0.6) is 0 Å². The first-order chi connectivity index (χ1) is 5.68. The van der Waals surface area contributed by atoms with E-state index in [1.54, 1.807) is 0 Å². The van der Waals surface area contributed by atoms with E-state index in [9.17, 15) is 4.79 Å². The van der Waals surface area contributed by atoms with Gasteiger partial charge < -0.3 is 0 Å². The molecule has 70 valence electrons. The highest BCUT2D eigenvalue weighted by Gasteiger charge is 2.05. The maximum atomic E-state index is 11.2. The highest BCUT2D eigenvalue weighted by Crippen LogP contribution is 2.06. The number of carbonyl (C=O) groups is 1. The van der Waals surface area contributed by atoms with Gasteiger partial charge in [0.05, 0.1) is 0 Å². The fourth-order valence-corrected chi connectivity index (χ4v) is 1.02. The monoisotopic (exact) mass is 168 g/mol. The zero-order valence-electron chi connectivity index (χ0n) is 8.47. The van der Waals surface area contributed by atoms with Crippen LogP contribution in [0.4, 0.5) is 0 Å². The van der Waals surface area contributed by atoms with Crippen molar-refractivity contribution >= 4 is 5.78 Å². The average Bonchev–Trinajstić information content (AvgIpc) is 2.03. The molecular formula is C11H20O. The molecule has 0 heterocycles. The van der Waals surface area contributed by atoms with Crippen LogP contribution in [-0.4, -0.2) is 5.78 Å². The Morgan fingerprint density at radius 3 is 2.50 bits per heavy atom. The normalized spacial score (nSPS) is 11.3. The van der Waals surface area contributed by atoms with E-state index in [-0.39, 0.29) is 5.92 Å². The summed E-state index contributed by atoms with van der Waals surface area (Å²) in [7, 11) is 0. The number of Topliss-reactive ketones (excluding diaryl/α,β-unsaturated/α-hetero) is 1. The zero-order valence-corrected chi connectivity index (χ0v) is 8.47. The molecular weight excluding hydrogens is 148 g/mol. The minimum absolute atomic E-state index is 0.215. The van der Waals surface area contributed by atoms with Crippen LogP contribution in [-0.2, 0) is 4.79 Å². The minimum atomic E-state index is 0.215. The van der Waals surface area contributed by atoms with Crippen molar-refractivity contribution < 1.29 is 4.79 Å². The van der Waals surface area contributed by atoms with E-state index in [1.165, 1.54) is 0 Å². The predicted octanol–water partition coefficient (Wildman–Crippen LogP) is 3.35. The Labute approximate surface area is 75.9 Å². The van der Waals surface area contributed by atoms with Crippen LogP contribution in [0.1, 0.15) is 46.5 Å². The van der Waals surface area contributed by atoms with Crippen molar-refractivity contribution in [2.24, 2.45) is 5.92 Å². The minimum Gasteiger partial charge on any atom is -0.299 e. The van der Waals surface area contributed by atoms with Crippen molar-refractivity contribution in [3.05, 3.63) is 12.2 Å². The van der Waals surface area contributed by atoms with Gasteiger partial charge in [0.25, 0.3) is 0 Å². The summed E-state index contributed by atoms with van der Waals surface area (Å²) in [5, 5.41) is 0. The second kappa shape index (κ2) is 7.08. The Bertz CT molecular complexity index is 145. The molecule has 0 saturated carbocycles. The van der Waals surface area contributed by atoms with E-state index in [2.05, 4.69) is 12.2 Å². The van der Waals surface area contributed by atoms with E-state index < -0.39 is 0 Å². The molecule has 0 aromatic carbocycles. The number of ketones is 1. The summed E-state index contributed by atoms with van der Waals surface area (Å²) in [5.41, 5.74) is 0. The van der Waals surface area contributed by atoms with E-state index in [0.29, 0.717) is 5.78 Å². The molecule has 0 aliphatic rings. The Kier molecular flexibility index (Phi) is 6.73. The van der Waals surface area contributed by atoms with Crippen LogP contribution in [0.2, 0.25) is 0 Å². The maximum Gasteiger partial charge on any atom is 0.135 e. The van der Waals surface area contributed by atoms with Crippen LogP contribution >= 0.6 is 0 Å². The number of rotatable bonds is 6. The van der Waals surface area contributed by atoms with Crippen LogP contribution in [0, 0.1) is 5.92 Å². The van der Waals surface area contributed by atoms with E-state index in [1.807, 2.05) is 20.8 Å². The molecule has 0 bridgehead atoms. The summed E-state index contributed by atoms with van der Waals surface area (Å²) in [5.74, 6) is 0.613. The molecule has 12 heavy (non-hydrogen) atoms. The highest BCUT2D eigenvalue weighted by molar-refractivity contribution is 5.80. The second-order valence-electron chi connectivity index (χ2n) is 3.44. The fourth-order valence-electron chi connectivity index (χ4n) is 1.02. The number of carbonyl (C=O) groups excluding carboxylic acids is 1. The van der Waals surface area contributed by atoms with Crippen LogP contribution < -0.4 is 0 Å². The molecule has 0 radical (unpaired) electrons. The lowest BCUT2D eigenvalue weighted by Crippen LogP contribution is -2.05. The molecule has 0 saturated heterocycles. The summed E-state index contributed by atoms with van der Waals surface area (Å²) in [4.78, 5) is 11.2. The Balaban J connectivity index is 3.26. The van der Waals surface area contributed by atoms with Gasteiger partial charge >= 0.3 is 0 Å². The molecule has 0 spiro atoms. The lowest BCUT2D eigenvalue weighted by Gasteiger charge is -2.01. The molecule has 0 unspecified atom stereocenters. The van der Waals surface area contributed by atoms with Crippen LogP contribution in [0.3, 0.4) is 0 Å². The van der Waals surface area contributed by atoms with Crippen molar-refractivity contribution in [2.45, 2.75) is 46.5 Å². The Hall–Kier alpha value is -0.590. The summed E-state index contributed by atoms with van der Waals surface area (Å²) >= 11 is 0. The van der Waals surface area contributed by atoms with Gasteiger partial charge in [-0.05, 0) is 26.2 Å². The van der Waals surface area contributed by atoms with Gasteiger partial charge in [0.2, 0.25) is 0 Å². The number of hydrogen-bond donors (Lipinski definition) is 0. The summed E-state index contributed by atoms with van der Waals surface area (Å²) in [6.07, 6.45) is 8.27. The van der Waals surface area contributed by atoms with Gasteiger partial charge in [-0.25, -0.2) is 0 Å². The molecule has 1 nitrogen and oxygen atoms in total. The number of allylic oxidation sites excluding steroid dienone is 2. The third kappa shape index (κ3) is 6.14. The Morgan fingerprint density at radius 1 is 1.33 bits per heavy atom. The lowest BCUT2D eigenvalue weighted by molar-refractivity contribution is -0.122. The van der Waals surface area contributed by atoms with Gasteiger partial charge in [0, 0.05) is 12.3 Å².